The number of carbonyl (C=O) groups is 1. The molecule has 0 fully saturated rings. The van der Waals surface area contributed by atoms with Crippen LogP contribution in [-0.2, 0) is 10.4 Å². The molecule has 1 aromatic carbocycles. The average molecular weight is 206 g/mol. The third kappa shape index (κ3) is 1.37. The highest BCUT2D eigenvalue weighted by Gasteiger charge is 2.35. The number of hydrogen-bond acceptors (Lipinski definition) is 3. The Morgan fingerprint density at radius 3 is 2.80 bits per heavy atom. The summed E-state index contributed by atoms with van der Waals surface area (Å²) in [7, 11) is 0. The van der Waals surface area contributed by atoms with Crippen LogP contribution in [0.3, 0.4) is 0 Å². The van der Waals surface area contributed by atoms with Gasteiger partial charge < -0.3 is 10.2 Å². The van der Waals surface area contributed by atoms with E-state index in [1.54, 1.807) is 24.3 Å². The molecular weight excluding hydrogens is 196 g/mol. The summed E-state index contributed by atoms with van der Waals surface area (Å²) in [4.78, 5) is 10.9. The molecule has 0 amide bonds. The van der Waals surface area contributed by atoms with E-state index in [0.29, 0.717) is 10.9 Å². The molecule has 0 radical (unpaired) electrons. The predicted molar refractivity (Wildman–Crippen MR) is 53.3 cm³/mol. The summed E-state index contributed by atoms with van der Waals surface area (Å²) in [6.07, 6.45) is 0. The number of aliphatic hydroxyl groups is 1. The second kappa shape index (κ2) is 3.06. The lowest BCUT2D eigenvalue weighted by Gasteiger charge is -2.15. The van der Waals surface area contributed by atoms with E-state index in [2.05, 4.69) is 10.2 Å². The van der Waals surface area contributed by atoms with Crippen molar-refractivity contribution >= 4 is 16.9 Å². The summed E-state index contributed by atoms with van der Waals surface area (Å²) < 4.78 is 0. The Bertz CT molecular complexity index is 516. The summed E-state index contributed by atoms with van der Waals surface area (Å²) in [5.74, 6) is -1.31. The Balaban J connectivity index is 2.67. The topological polar surface area (TPSA) is 86.2 Å². The van der Waals surface area contributed by atoms with E-state index in [-0.39, 0.29) is 5.69 Å². The molecule has 1 aromatic heterocycles. The fourth-order valence-electron chi connectivity index (χ4n) is 1.44. The molecule has 78 valence electrons. The minimum absolute atomic E-state index is 0.200. The van der Waals surface area contributed by atoms with Crippen molar-refractivity contribution in [3.63, 3.8) is 0 Å². The van der Waals surface area contributed by atoms with E-state index in [1.165, 1.54) is 6.92 Å². The zero-order chi connectivity index (χ0) is 11.1. The van der Waals surface area contributed by atoms with E-state index in [9.17, 15) is 9.90 Å². The molecule has 1 atom stereocenters. The van der Waals surface area contributed by atoms with Gasteiger partial charge >= 0.3 is 5.97 Å². The normalized spacial score (nSPS) is 15.1. The number of aromatic amines is 1. The number of benzene rings is 1. The quantitative estimate of drug-likeness (QED) is 0.680. The molecule has 1 heterocycles. The molecule has 0 aliphatic rings. The van der Waals surface area contributed by atoms with Crippen molar-refractivity contribution in [3.8, 4) is 0 Å². The number of rotatable bonds is 2. The number of fused-ring (bicyclic) bond motifs is 1. The molecule has 0 saturated carbocycles. The summed E-state index contributed by atoms with van der Waals surface area (Å²) in [5, 5.41) is 25.7. The highest BCUT2D eigenvalue weighted by atomic mass is 16.4. The third-order valence-electron chi connectivity index (χ3n) is 2.36. The van der Waals surface area contributed by atoms with Gasteiger partial charge in [-0.3, -0.25) is 5.10 Å². The second-order valence-corrected chi connectivity index (χ2v) is 3.49. The van der Waals surface area contributed by atoms with Gasteiger partial charge in [-0.15, -0.1) is 0 Å². The minimum atomic E-state index is -1.95. The number of nitrogens with one attached hydrogen (secondary N) is 1. The Labute approximate surface area is 85.4 Å². The van der Waals surface area contributed by atoms with Gasteiger partial charge in [0, 0.05) is 5.39 Å². The molecular formula is C10H10N2O3. The van der Waals surface area contributed by atoms with E-state index in [0.717, 1.165) is 0 Å². The number of hydrogen-bond donors (Lipinski definition) is 3. The van der Waals surface area contributed by atoms with E-state index >= 15 is 0 Å². The average Bonchev–Trinajstić information content (AvgIpc) is 2.61. The highest BCUT2D eigenvalue weighted by Crippen LogP contribution is 2.26. The van der Waals surface area contributed by atoms with Crippen LogP contribution in [0.2, 0.25) is 0 Å². The zero-order valence-electron chi connectivity index (χ0n) is 8.06. The lowest BCUT2D eigenvalue weighted by molar-refractivity contribution is -0.157. The van der Waals surface area contributed by atoms with Crippen LogP contribution in [0.1, 0.15) is 12.6 Å². The Morgan fingerprint density at radius 1 is 1.47 bits per heavy atom. The summed E-state index contributed by atoms with van der Waals surface area (Å²) in [6.45, 7) is 1.22. The zero-order valence-corrected chi connectivity index (χ0v) is 8.06. The maximum Gasteiger partial charge on any atom is 0.341 e. The first-order valence-electron chi connectivity index (χ1n) is 4.43. The first-order valence-corrected chi connectivity index (χ1v) is 4.43. The van der Waals surface area contributed by atoms with Crippen LogP contribution in [0.5, 0.6) is 0 Å². The Hall–Kier alpha value is -1.88. The molecule has 0 aliphatic heterocycles. The molecule has 5 heteroatoms. The highest BCUT2D eigenvalue weighted by molar-refractivity contribution is 5.88. The number of carboxylic acid groups (broad SMARTS) is 1. The number of carboxylic acids is 1. The van der Waals surface area contributed by atoms with Crippen LogP contribution in [0.15, 0.2) is 24.3 Å². The predicted octanol–water partition coefficient (Wildman–Crippen LogP) is 0.855. The van der Waals surface area contributed by atoms with E-state index < -0.39 is 11.6 Å². The molecule has 0 aliphatic carbocycles. The Morgan fingerprint density at radius 2 is 2.13 bits per heavy atom. The molecule has 2 rings (SSSR count). The van der Waals surface area contributed by atoms with Gasteiger partial charge in [0.1, 0.15) is 0 Å². The molecule has 0 spiro atoms. The van der Waals surface area contributed by atoms with Gasteiger partial charge in [-0.1, -0.05) is 18.2 Å². The number of H-pyrrole nitrogens is 1. The monoisotopic (exact) mass is 206 g/mol. The summed E-state index contributed by atoms with van der Waals surface area (Å²) in [5.41, 5.74) is -1.12. The van der Waals surface area contributed by atoms with Crippen LogP contribution in [0.25, 0.3) is 10.9 Å². The van der Waals surface area contributed by atoms with Crippen LogP contribution >= 0.6 is 0 Å². The SMILES string of the molecule is CC(O)(C(=O)O)c1[nH]nc2ccccc12. The van der Waals surface area contributed by atoms with Crippen molar-refractivity contribution in [1.29, 1.82) is 0 Å². The lowest BCUT2D eigenvalue weighted by Crippen LogP contribution is -2.32. The molecule has 0 bridgehead atoms. The van der Waals surface area contributed by atoms with Gasteiger partial charge in [0.2, 0.25) is 5.60 Å². The molecule has 3 N–H and O–H groups in total. The van der Waals surface area contributed by atoms with Crippen molar-refractivity contribution in [2.45, 2.75) is 12.5 Å². The molecule has 2 aromatic rings. The van der Waals surface area contributed by atoms with Gasteiger partial charge in [0.15, 0.2) is 0 Å². The molecule has 1 unspecified atom stereocenters. The van der Waals surface area contributed by atoms with Crippen LogP contribution in [0, 0.1) is 0 Å². The molecule has 15 heavy (non-hydrogen) atoms. The first-order chi connectivity index (χ1) is 7.03. The maximum absolute atomic E-state index is 10.9. The largest absolute Gasteiger partial charge is 0.479 e. The van der Waals surface area contributed by atoms with Crippen LogP contribution < -0.4 is 0 Å². The van der Waals surface area contributed by atoms with Gasteiger partial charge in [0.05, 0.1) is 11.2 Å². The van der Waals surface area contributed by atoms with Crippen molar-refractivity contribution < 1.29 is 15.0 Å². The van der Waals surface area contributed by atoms with Crippen LogP contribution in [-0.4, -0.2) is 26.4 Å². The van der Waals surface area contributed by atoms with Gasteiger partial charge in [-0.25, -0.2) is 4.79 Å². The maximum atomic E-state index is 10.9. The number of para-hydroxylation sites is 1. The van der Waals surface area contributed by atoms with Crippen molar-refractivity contribution in [2.75, 3.05) is 0 Å². The van der Waals surface area contributed by atoms with E-state index in [1.807, 2.05) is 0 Å². The number of aliphatic carboxylic acids is 1. The molecule has 0 saturated heterocycles. The smallest absolute Gasteiger partial charge is 0.341 e. The second-order valence-electron chi connectivity index (χ2n) is 3.49. The fourth-order valence-corrected chi connectivity index (χ4v) is 1.44. The molecule has 5 nitrogen and oxygen atoms in total. The first kappa shape index (κ1) is 9.67. The Kier molecular flexibility index (Phi) is 1.97. The fraction of sp³-hybridized carbons (Fsp3) is 0.200. The van der Waals surface area contributed by atoms with Gasteiger partial charge in [0.25, 0.3) is 0 Å². The standard InChI is InChI=1S/C10H10N2O3/c1-10(15,9(13)14)8-6-4-2-3-5-7(6)11-12-8/h2-5,15H,1H3,(H,11,12)(H,13,14). The van der Waals surface area contributed by atoms with Crippen LogP contribution in [0.4, 0.5) is 0 Å². The van der Waals surface area contributed by atoms with Crippen molar-refractivity contribution in [2.24, 2.45) is 0 Å². The number of nitrogens with zero attached hydrogens (tertiary/aromatic N) is 1. The summed E-state index contributed by atoms with van der Waals surface area (Å²) in [6, 6.07) is 7.01. The van der Waals surface area contributed by atoms with E-state index in [4.69, 9.17) is 5.11 Å². The van der Waals surface area contributed by atoms with Crippen molar-refractivity contribution in [3.05, 3.63) is 30.0 Å². The number of aromatic nitrogens is 2. The third-order valence-corrected chi connectivity index (χ3v) is 2.36. The van der Waals surface area contributed by atoms with Gasteiger partial charge in [-0.05, 0) is 13.0 Å². The lowest BCUT2D eigenvalue weighted by atomic mass is 9.99. The van der Waals surface area contributed by atoms with Crippen molar-refractivity contribution in [1.82, 2.24) is 10.2 Å². The van der Waals surface area contributed by atoms with Gasteiger partial charge in [-0.2, -0.15) is 5.10 Å². The summed E-state index contributed by atoms with van der Waals surface area (Å²) >= 11 is 0. The minimum Gasteiger partial charge on any atom is -0.479 e.